The van der Waals surface area contributed by atoms with E-state index in [2.05, 4.69) is 56.2 Å². The highest BCUT2D eigenvalue weighted by Gasteiger charge is 2.22. The third-order valence-electron chi connectivity index (χ3n) is 3.01. The lowest BCUT2D eigenvalue weighted by Gasteiger charge is -2.17. The number of hydrogen-bond donors (Lipinski definition) is 2. The lowest BCUT2D eigenvalue weighted by atomic mass is 10.2. The number of halogens is 2. The highest BCUT2D eigenvalue weighted by atomic mass is 79.9. The minimum atomic E-state index is 0.362. The van der Waals surface area contributed by atoms with Crippen molar-refractivity contribution in [3.8, 4) is 0 Å². The van der Waals surface area contributed by atoms with E-state index in [-0.39, 0.29) is 0 Å². The van der Waals surface area contributed by atoms with Gasteiger partial charge >= 0.3 is 0 Å². The van der Waals surface area contributed by atoms with Crippen molar-refractivity contribution in [2.45, 2.75) is 38.3 Å². The Morgan fingerprint density at radius 1 is 1.25 bits per heavy atom. The topological polar surface area (TPSA) is 38.0 Å². The summed E-state index contributed by atoms with van der Waals surface area (Å²) >= 11 is 7.19. The van der Waals surface area contributed by atoms with Crippen molar-refractivity contribution >= 4 is 37.5 Å². The van der Waals surface area contributed by atoms with E-state index in [0.29, 0.717) is 12.1 Å². The molecule has 1 aliphatic rings. The smallest absolute Gasteiger partial charge is 0.0631 e. The summed E-state index contributed by atoms with van der Waals surface area (Å²) in [5.74, 6) is 0. The van der Waals surface area contributed by atoms with Gasteiger partial charge in [0.05, 0.1) is 5.69 Å². The predicted molar refractivity (Wildman–Crippen MR) is 75.8 cm³/mol. The molecule has 2 atom stereocenters. The summed E-state index contributed by atoms with van der Waals surface area (Å²) in [4.78, 5) is 0. The second-order valence-electron chi connectivity index (χ2n) is 4.52. The maximum absolute atomic E-state index is 5.92. The number of nitrogens with one attached hydrogen (secondary N) is 1. The lowest BCUT2D eigenvalue weighted by Crippen LogP contribution is -2.21. The van der Waals surface area contributed by atoms with Crippen molar-refractivity contribution in [3.05, 3.63) is 26.6 Å². The zero-order valence-corrected chi connectivity index (χ0v) is 12.4. The Balaban J connectivity index is 2.15. The van der Waals surface area contributed by atoms with Crippen LogP contribution in [0.1, 0.15) is 24.8 Å². The van der Waals surface area contributed by atoms with E-state index >= 15 is 0 Å². The van der Waals surface area contributed by atoms with E-state index in [9.17, 15) is 0 Å². The van der Waals surface area contributed by atoms with Crippen molar-refractivity contribution in [1.82, 2.24) is 0 Å². The molecule has 0 aliphatic heterocycles. The van der Waals surface area contributed by atoms with Gasteiger partial charge in [0.1, 0.15) is 0 Å². The van der Waals surface area contributed by atoms with Crippen LogP contribution in [0.2, 0.25) is 0 Å². The molecule has 1 saturated carbocycles. The molecule has 2 unspecified atom stereocenters. The van der Waals surface area contributed by atoms with Gasteiger partial charge in [0.15, 0.2) is 0 Å². The van der Waals surface area contributed by atoms with Crippen molar-refractivity contribution < 1.29 is 0 Å². The fourth-order valence-corrected chi connectivity index (χ4v) is 3.83. The number of benzene rings is 1. The number of aryl methyl sites for hydroxylation is 1. The number of hydrogen-bond acceptors (Lipinski definition) is 2. The van der Waals surface area contributed by atoms with Gasteiger partial charge in [-0.2, -0.15) is 0 Å². The van der Waals surface area contributed by atoms with Gasteiger partial charge < -0.3 is 11.1 Å². The molecule has 16 heavy (non-hydrogen) atoms. The molecular weight excluding hydrogens is 332 g/mol. The molecule has 3 N–H and O–H groups in total. The Labute approximate surface area is 113 Å². The van der Waals surface area contributed by atoms with Gasteiger partial charge in [-0.3, -0.25) is 0 Å². The molecule has 88 valence electrons. The van der Waals surface area contributed by atoms with Crippen molar-refractivity contribution in [1.29, 1.82) is 0 Å². The number of rotatable bonds is 2. The summed E-state index contributed by atoms with van der Waals surface area (Å²) in [6, 6.07) is 5.12. The van der Waals surface area contributed by atoms with Crippen LogP contribution < -0.4 is 11.1 Å². The zero-order valence-electron chi connectivity index (χ0n) is 9.26. The molecule has 0 amide bonds. The van der Waals surface area contributed by atoms with Crippen LogP contribution >= 0.6 is 31.9 Å². The number of nitrogens with two attached hydrogens (primary N) is 1. The monoisotopic (exact) mass is 346 g/mol. The van der Waals surface area contributed by atoms with Crippen LogP contribution in [0.5, 0.6) is 0 Å². The molecular formula is C12H16Br2N2. The molecule has 0 spiro atoms. The molecule has 4 heteroatoms. The van der Waals surface area contributed by atoms with Gasteiger partial charge in [-0.15, -0.1) is 0 Å². The first-order chi connectivity index (χ1) is 7.56. The summed E-state index contributed by atoms with van der Waals surface area (Å²) in [5.41, 5.74) is 8.30. The van der Waals surface area contributed by atoms with Gasteiger partial charge in [-0.1, -0.05) is 0 Å². The molecule has 1 aromatic carbocycles. The summed E-state index contributed by atoms with van der Waals surface area (Å²) in [6.07, 6.45) is 3.35. The van der Waals surface area contributed by atoms with Crippen LogP contribution in [0.15, 0.2) is 21.1 Å². The van der Waals surface area contributed by atoms with E-state index in [1.807, 2.05) is 0 Å². The van der Waals surface area contributed by atoms with E-state index in [4.69, 9.17) is 5.73 Å². The SMILES string of the molecule is Cc1cc(Br)c(NC2CCC(N)C2)c(Br)c1. The first kappa shape index (κ1) is 12.4. The molecule has 1 aromatic rings. The lowest BCUT2D eigenvalue weighted by molar-refractivity contribution is 0.687. The van der Waals surface area contributed by atoms with Crippen molar-refractivity contribution in [3.63, 3.8) is 0 Å². The van der Waals surface area contributed by atoms with Crippen LogP contribution in [0, 0.1) is 6.92 Å². The average molecular weight is 348 g/mol. The second-order valence-corrected chi connectivity index (χ2v) is 6.23. The Morgan fingerprint density at radius 2 is 1.88 bits per heavy atom. The highest BCUT2D eigenvalue weighted by molar-refractivity contribution is 9.11. The van der Waals surface area contributed by atoms with E-state index in [0.717, 1.165) is 33.9 Å². The molecule has 2 nitrogen and oxygen atoms in total. The number of anilines is 1. The van der Waals surface area contributed by atoms with E-state index in [1.54, 1.807) is 0 Å². The Bertz CT molecular complexity index is 370. The molecule has 0 bridgehead atoms. The molecule has 2 rings (SSSR count). The van der Waals surface area contributed by atoms with Gasteiger partial charge in [-0.05, 0) is 75.7 Å². The normalized spacial score (nSPS) is 24.8. The highest BCUT2D eigenvalue weighted by Crippen LogP contribution is 2.34. The third-order valence-corrected chi connectivity index (χ3v) is 4.26. The van der Waals surface area contributed by atoms with Crippen molar-refractivity contribution in [2.24, 2.45) is 5.73 Å². The molecule has 0 radical (unpaired) electrons. The minimum absolute atomic E-state index is 0.362. The third kappa shape index (κ3) is 2.79. The summed E-state index contributed by atoms with van der Waals surface area (Å²) in [5, 5.41) is 3.56. The molecule has 0 saturated heterocycles. The maximum atomic E-state index is 5.92. The van der Waals surface area contributed by atoms with Crippen LogP contribution in [0.4, 0.5) is 5.69 Å². The average Bonchev–Trinajstić information content (AvgIpc) is 2.58. The van der Waals surface area contributed by atoms with E-state index < -0.39 is 0 Å². The Hall–Kier alpha value is -0.0600. The van der Waals surface area contributed by atoms with Gasteiger partial charge in [0, 0.05) is 21.0 Å². The first-order valence-electron chi connectivity index (χ1n) is 5.54. The predicted octanol–water partition coefficient (Wildman–Crippen LogP) is 3.81. The molecule has 0 aromatic heterocycles. The van der Waals surface area contributed by atoms with E-state index in [1.165, 1.54) is 5.56 Å². The van der Waals surface area contributed by atoms with Crippen LogP contribution in [-0.2, 0) is 0 Å². The second kappa shape index (κ2) is 5.07. The van der Waals surface area contributed by atoms with Gasteiger partial charge in [-0.25, -0.2) is 0 Å². The quantitative estimate of drug-likeness (QED) is 0.853. The Morgan fingerprint density at radius 3 is 2.38 bits per heavy atom. The zero-order chi connectivity index (χ0) is 11.7. The fraction of sp³-hybridized carbons (Fsp3) is 0.500. The maximum Gasteiger partial charge on any atom is 0.0631 e. The summed E-state index contributed by atoms with van der Waals surface area (Å²) < 4.78 is 2.22. The van der Waals surface area contributed by atoms with Crippen LogP contribution in [-0.4, -0.2) is 12.1 Å². The summed E-state index contributed by atoms with van der Waals surface area (Å²) in [7, 11) is 0. The van der Waals surface area contributed by atoms with Crippen LogP contribution in [0.25, 0.3) is 0 Å². The van der Waals surface area contributed by atoms with Crippen LogP contribution in [0.3, 0.4) is 0 Å². The molecule has 0 heterocycles. The molecule has 1 fully saturated rings. The standard InChI is InChI=1S/C12H16Br2N2/c1-7-4-10(13)12(11(14)5-7)16-9-3-2-8(15)6-9/h4-5,8-9,16H,2-3,6,15H2,1H3. The van der Waals surface area contributed by atoms with Gasteiger partial charge in [0.2, 0.25) is 0 Å². The van der Waals surface area contributed by atoms with Crippen molar-refractivity contribution in [2.75, 3.05) is 5.32 Å². The van der Waals surface area contributed by atoms with Gasteiger partial charge in [0.25, 0.3) is 0 Å². The minimum Gasteiger partial charge on any atom is -0.380 e. The molecule has 1 aliphatic carbocycles. The largest absolute Gasteiger partial charge is 0.380 e. The first-order valence-corrected chi connectivity index (χ1v) is 7.12. The fourth-order valence-electron chi connectivity index (χ4n) is 2.19. The Kier molecular flexibility index (Phi) is 3.93. The summed E-state index contributed by atoms with van der Waals surface area (Å²) in [6.45, 7) is 2.09.